The largest absolute Gasteiger partial charge is 0.457 e. The van der Waals surface area contributed by atoms with Crippen LogP contribution in [-0.2, 0) is 9.53 Å². The number of hydrogen-bond acceptors (Lipinski definition) is 4. The first kappa shape index (κ1) is 18.5. The first-order chi connectivity index (χ1) is 12.0. The predicted molar refractivity (Wildman–Crippen MR) is 93.3 cm³/mol. The SMILES string of the molecule is NC(=O)N[C@H](CC(=O)OCC(=O)c1ccccc1)c1ccc(Cl)cc1. The zero-order valence-electron chi connectivity index (χ0n) is 13.3. The summed E-state index contributed by atoms with van der Waals surface area (Å²) in [5, 5.41) is 3.00. The maximum atomic E-state index is 12.0. The number of nitrogens with one attached hydrogen (secondary N) is 1. The lowest BCUT2D eigenvalue weighted by atomic mass is 10.0. The second kappa shape index (κ2) is 8.84. The Kier molecular flexibility index (Phi) is 6.54. The Hall–Kier alpha value is -2.86. The van der Waals surface area contributed by atoms with Crippen molar-refractivity contribution in [3.63, 3.8) is 0 Å². The van der Waals surface area contributed by atoms with Gasteiger partial charge in [0.1, 0.15) is 0 Å². The number of ketones is 1. The number of amides is 2. The van der Waals surface area contributed by atoms with E-state index in [1.807, 2.05) is 0 Å². The number of carbonyl (C=O) groups is 3. The van der Waals surface area contributed by atoms with Crippen molar-refractivity contribution >= 4 is 29.4 Å². The molecular formula is C18H17ClN2O4. The summed E-state index contributed by atoms with van der Waals surface area (Å²) in [6.07, 6.45) is -0.160. The maximum Gasteiger partial charge on any atom is 0.312 e. The topological polar surface area (TPSA) is 98.5 Å². The summed E-state index contributed by atoms with van der Waals surface area (Å²) in [6.45, 7) is -0.368. The summed E-state index contributed by atoms with van der Waals surface area (Å²) in [6, 6.07) is 13.7. The van der Waals surface area contributed by atoms with E-state index in [0.29, 0.717) is 16.1 Å². The van der Waals surface area contributed by atoms with Gasteiger partial charge < -0.3 is 15.8 Å². The molecule has 1 atom stereocenters. The van der Waals surface area contributed by atoms with Crippen molar-refractivity contribution in [2.24, 2.45) is 5.73 Å². The third-order valence-corrected chi connectivity index (χ3v) is 3.67. The molecule has 0 spiro atoms. The maximum absolute atomic E-state index is 12.0. The molecule has 130 valence electrons. The number of hydrogen-bond donors (Lipinski definition) is 2. The van der Waals surface area contributed by atoms with Crippen LogP contribution in [0.3, 0.4) is 0 Å². The van der Waals surface area contributed by atoms with Gasteiger partial charge in [0.15, 0.2) is 12.4 Å². The molecule has 0 fully saturated rings. The standard InChI is InChI=1S/C18H17ClN2O4/c19-14-8-6-12(7-9-14)15(21-18(20)24)10-17(23)25-11-16(22)13-4-2-1-3-5-13/h1-9,15H,10-11H2,(H3,20,21,24)/t15-/m1/s1. The van der Waals surface area contributed by atoms with E-state index in [1.165, 1.54) is 0 Å². The molecule has 6 nitrogen and oxygen atoms in total. The Morgan fingerprint density at radius 2 is 1.68 bits per heavy atom. The van der Waals surface area contributed by atoms with Crippen LogP contribution >= 0.6 is 11.6 Å². The van der Waals surface area contributed by atoms with Crippen LogP contribution in [0.15, 0.2) is 54.6 Å². The van der Waals surface area contributed by atoms with Crippen molar-refractivity contribution in [1.82, 2.24) is 5.32 Å². The molecule has 3 N–H and O–H groups in total. The number of primary amides is 1. The van der Waals surface area contributed by atoms with Crippen molar-refractivity contribution in [3.8, 4) is 0 Å². The van der Waals surface area contributed by atoms with Crippen LogP contribution in [0.1, 0.15) is 28.4 Å². The molecule has 25 heavy (non-hydrogen) atoms. The zero-order chi connectivity index (χ0) is 18.2. The van der Waals surface area contributed by atoms with E-state index >= 15 is 0 Å². The van der Waals surface area contributed by atoms with Crippen LogP contribution in [0.5, 0.6) is 0 Å². The number of benzene rings is 2. The minimum absolute atomic E-state index is 0.160. The number of esters is 1. The van der Waals surface area contributed by atoms with Gasteiger partial charge >= 0.3 is 12.0 Å². The Bertz CT molecular complexity index is 747. The quantitative estimate of drug-likeness (QED) is 0.585. The molecule has 0 aliphatic rings. The second-order valence-corrected chi connectivity index (χ2v) is 5.70. The van der Waals surface area contributed by atoms with Crippen molar-refractivity contribution in [1.29, 1.82) is 0 Å². The van der Waals surface area contributed by atoms with Gasteiger partial charge in [-0.25, -0.2) is 4.79 Å². The van der Waals surface area contributed by atoms with Gasteiger partial charge in [0.05, 0.1) is 12.5 Å². The van der Waals surface area contributed by atoms with E-state index < -0.39 is 18.0 Å². The lowest BCUT2D eigenvalue weighted by Gasteiger charge is -2.17. The lowest BCUT2D eigenvalue weighted by molar-refractivity contribution is -0.143. The van der Waals surface area contributed by atoms with Gasteiger partial charge in [-0.3, -0.25) is 9.59 Å². The van der Waals surface area contributed by atoms with Crippen LogP contribution in [0.4, 0.5) is 4.79 Å². The summed E-state index contributed by atoms with van der Waals surface area (Å²) in [5.74, 6) is -0.933. The third kappa shape index (κ3) is 5.93. The molecular weight excluding hydrogens is 344 g/mol. The second-order valence-electron chi connectivity index (χ2n) is 5.27. The van der Waals surface area contributed by atoms with Gasteiger partial charge in [-0.15, -0.1) is 0 Å². The van der Waals surface area contributed by atoms with Crippen LogP contribution in [-0.4, -0.2) is 24.4 Å². The normalized spacial score (nSPS) is 11.4. The number of halogens is 1. The number of ether oxygens (including phenoxy) is 1. The van der Waals surface area contributed by atoms with Gasteiger partial charge in [0, 0.05) is 10.6 Å². The van der Waals surface area contributed by atoms with Gasteiger partial charge in [-0.05, 0) is 17.7 Å². The van der Waals surface area contributed by atoms with Crippen LogP contribution in [0.2, 0.25) is 5.02 Å². The summed E-state index contributed by atoms with van der Waals surface area (Å²) >= 11 is 5.83. The number of urea groups is 1. The van der Waals surface area contributed by atoms with Crippen molar-refractivity contribution in [3.05, 3.63) is 70.7 Å². The molecule has 7 heteroatoms. The van der Waals surface area contributed by atoms with Crippen molar-refractivity contribution in [2.75, 3.05) is 6.61 Å². The number of Topliss-reactive ketones (excluding diaryl/α,β-unsaturated/α-hetero) is 1. The molecule has 0 aliphatic heterocycles. The minimum Gasteiger partial charge on any atom is -0.457 e. The number of nitrogens with two attached hydrogens (primary N) is 1. The van der Waals surface area contributed by atoms with Crippen LogP contribution in [0, 0.1) is 0 Å². The highest BCUT2D eigenvalue weighted by molar-refractivity contribution is 6.30. The first-order valence-corrected chi connectivity index (χ1v) is 7.89. The molecule has 2 aromatic carbocycles. The zero-order valence-corrected chi connectivity index (χ0v) is 14.0. The molecule has 2 aromatic rings. The van der Waals surface area contributed by atoms with Gasteiger partial charge in [0.25, 0.3) is 0 Å². The van der Waals surface area contributed by atoms with E-state index in [4.69, 9.17) is 22.1 Å². The van der Waals surface area contributed by atoms with Crippen LogP contribution < -0.4 is 11.1 Å². The van der Waals surface area contributed by atoms with Crippen molar-refractivity contribution in [2.45, 2.75) is 12.5 Å². The smallest absolute Gasteiger partial charge is 0.312 e. The van der Waals surface area contributed by atoms with E-state index in [1.54, 1.807) is 54.6 Å². The predicted octanol–water partition coefficient (Wildman–Crippen LogP) is 2.87. The van der Waals surface area contributed by atoms with E-state index in [0.717, 1.165) is 0 Å². The minimum atomic E-state index is -0.770. The molecule has 0 saturated heterocycles. The number of carbonyl (C=O) groups excluding carboxylic acids is 3. The fourth-order valence-corrected chi connectivity index (χ4v) is 2.32. The molecule has 0 radical (unpaired) electrons. The molecule has 0 bridgehead atoms. The average molecular weight is 361 g/mol. The fraction of sp³-hybridized carbons (Fsp3) is 0.167. The highest BCUT2D eigenvalue weighted by atomic mass is 35.5. The molecule has 2 amide bonds. The van der Waals surface area contributed by atoms with Crippen molar-refractivity contribution < 1.29 is 19.1 Å². The molecule has 0 aliphatic carbocycles. The molecule has 0 heterocycles. The molecule has 0 saturated carbocycles. The first-order valence-electron chi connectivity index (χ1n) is 7.51. The van der Waals surface area contributed by atoms with E-state index in [-0.39, 0.29) is 18.8 Å². The monoisotopic (exact) mass is 360 g/mol. The Morgan fingerprint density at radius 1 is 1.04 bits per heavy atom. The lowest BCUT2D eigenvalue weighted by Crippen LogP contribution is -2.34. The molecule has 0 aromatic heterocycles. The summed E-state index contributed by atoms with van der Waals surface area (Å²) in [5.41, 5.74) is 6.26. The Balaban J connectivity index is 1.96. The fourth-order valence-electron chi connectivity index (χ4n) is 2.20. The van der Waals surface area contributed by atoms with Gasteiger partial charge in [0.2, 0.25) is 0 Å². The third-order valence-electron chi connectivity index (χ3n) is 3.42. The van der Waals surface area contributed by atoms with E-state index in [9.17, 15) is 14.4 Å². The Morgan fingerprint density at radius 3 is 2.28 bits per heavy atom. The number of rotatable bonds is 7. The summed E-state index contributed by atoms with van der Waals surface area (Å²) in [7, 11) is 0. The van der Waals surface area contributed by atoms with Gasteiger partial charge in [-0.2, -0.15) is 0 Å². The molecule has 0 unspecified atom stereocenters. The Labute approximate surface area is 149 Å². The summed E-state index contributed by atoms with van der Waals surface area (Å²) in [4.78, 5) is 35.1. The van der Waals surface area contributed by atoms with Crippen LogP contribution in [0.25, 0.3) is 0 Å². The van der Waals surface area contributed by atoms with E-state index in [2.05, 4.69) is 5.32 Å². The average Bonchev–Trinajstić information content (AvgIpc) is 2.60. The highest BCUT2D eigenvalue weighted by Crippen LogP contribution is 2.20. The highest BCUT2D eigenvalue weighted by Gasteiger charge is 2.19. The van der Waals surface area contributed by atoms with Gasteiger partial charge in [-0.1, -0.05) is 54.1 Å². The summed E-state index contributed by atoms with van der Waals surface area (Å²) < 4.78 is 5.01. The molecule has 2 rings (SSSR count).